The van der Waals surface area contributed by atoms with E-state index in [0.717, 1.165) is 11.8 Å². The van der Waals surface area contributed by atoms with Crippen LogP contribution in [0.1, 0.15) is 0 Å². The molecule has 0 saturated heterocycles. The summed E-state index contributed by atoms with van der Waals surface area (Å²) in [5, 5.41) is 5.99. The van der Waals surface area contributed by atoms with E-state index in [0.29, 0.717) is 22.4 Å². The van der Waals surface area contributed by atoms with Crippen LogP contribution in [0.4, 0.5) is 11.4 Å². The number of anilines is 1. The zero-order chi connectivity index (χ0) is 24.1. The van der Waals surface area contributed by atoms with Gasteiger partial charge in [0.25, 0.3) is 5.91 Å². The zero-order valence-electron chi connectivity index (χ0n) is 17.1. The van der Waals surface area contributed by atoms with Gasteiger partial charge >= 0.3 is 0 Å². The van der Waals surface area contributed by atoms with Crippen LogP contribution in [0.15, 0.2) is 52.7 Å². The topological polar surface area (TPSA) is 106 Å². The molecule has 4 N–H and O–H groups in total. The lowest BCUT2D eigenvalue weighted by molar-refractivity contribution is -0.117. The van der Waals surface area contributed by atoms with Gasteiger partial charge in [-0.1, -0.05) is 58.2 Å². The highest BCUT2D eigenvalue weighted by Crippen LogP contribution is 2.37. The molecule has 0 aliphatic carbocycles. The number of hydrogen-bond acceptors (Lipinski definition) is 6. The Bertz CT molecular complexity index is 1140. The molecule has 1 atom stereocenters. The first-order valence-corrected chi connectivity index (χ1v) is 11.8. The highest BCUT2D eigenvalue weighted by atomic mass is 35.5. The first-order chi connectivity index (χ1) is 15.7. The largest absolute Gasteiger partial charge is 0.400 e. The van der Waals surface area contributed by atoms with E-state index in [2.05, 4.69) is 15.6 Å². The van der Waals surface area contributed by atoms with Gasteiger partial charge in [-0.05, 0) is 36.4 Å². The summed E-state index contributed by atoms with van der Waals surface area (Å²) in [6.07, 6.45) is 0. The summed E-state index contributed by atoms with van der Waals surface area (Å²) in [4.78, 5) is 30.4. The van der Waals surface area contributed by atoms with Crippen LogP contribution in [0.25, 0.3) is 0 Å². The van der Waals surface area contributed by atoms with Gasteiger partial charge < -0.3 is 21.1 Å². The minimum atomic E-state index is -0.926. The van der Waals surface area contributed by atoms with Crippen LogP contribution < -0.4 is 16.4 Å². The van der Waals surface area contributed by atoms with Gasteiger partial charge in [0.15, 0.2) is 0 Å². The molecule has 0 bridgehead atoms. The summed E-state index contributed by atoms with van der Waals surface area (Å²) in [7, 11) is 1.52. The van der Waals surface area contributed by atoms with Crippen LogP contribution >= 0.6 is 58.2 Å². The smallest absolute Gasteiger partial charge is 0.255 e. The lowest BCUT2D eigenvalue weighted by Crippen LogP contribution is -2.32. The van der Waals surface area contributed by atoms with Gasteiger partial charge in [-0.15, -0.1) is 0 Å². The molecule has 0 radical (unpaired) electrons. The standard InChI is InChI=1S/C21H18Cl4N4O3S/c1-32-7-6-27-19(30)16-17(26)18(33-21(16)28-11-4-2-10(22)3-5-11)20(31)29-15-9-13(24)12(23)8-14(15)25/h2-5,8-9,18H,6-7,26H2,1H3,(H,27,30)(H,29,31)/t18-/m1/s1. The maximum atomic E-state index is 13.0. The van der Waals surface area contributed by atoms with Crippen molar-refractivity contribution >= 4 is 86.4 Å². The Hall–Kier alpha value is -1.94. The van der Waals surface area contributed by atoms with E-state index in [9.17, 15) is 9.59 Å². The summed E-state index contributed by atoms with van der Waals surface area (Å²) < 4.78 is 4.96. The first kappa shape index (κ1) is 25.7. The number of ether oxygens (including phenoxy) is 1. The fourth-order valence-corrected chi connectivity index (χ4v) is 4.64. The highest BCUT2D eigenvalue weighted by molar-refractivity contribution is 8.16. The number of hydrogen-bond donors (Lipinski definition) is 3. The minimum Gasteiger partial charge on any atom is -0.400 e. The first-order valence-electron chi connectivity index (χ1n) is 9.44. The molecule has 0 unspecified atom stereocenters. The lowest BCUT2D eigenvalue weighted by Gasteiger charge is -2.13. The van der Waals surface area contributed by atoms with Gasteiger partial charge in [0.2, 0.25) is 5.91 Å². The summed E-state index contributed by atoms with van der Waals surface area (Å²) in [5.74, 6) is -0.964. The third-order valence-corrected chi connectivity index (χ3v) is 6.91. The summed E-state index contributed by atoms with van der Waals surface area (Å²) in [6, 6.07) is 9.57. The molecule has 3 rings (SSSR count). The highest BCUT2D eigenvalue weighted by Gasteiger charge is 2.38. The molecule has 0 spiro atoms. The van der Waals surface area contributed by atoms with E-state index in [1.807, 2.05) is 0 Å². The molecule has 1 aliphatic rings. The number of methoxy groups -OCH3 is 1. The van der Waals surface area contributed by atoms with Crippen molar-refractivity contribution in [1.82, 2.24) is 5.32 Å². The number of carbonyl (C=O) groups excluding carboxylic acids is 2. The van der Waals surface area contributed by atoms with Crippen LogP contribution in [-0.2, 0) is 14.3 Å². The van der Waals surface area contributed by atoms with Crippen LogP contribution in [0.2, 0.25) is 20.1 Å². The summed E-state index contributed by atoms with van der Waals surface area (Å²) in [6.45, 7) is 0.580. The summed E-state index contributed by atoms with van der Waals surface area (Å²) >= 11 is 25.1. The number of amides is 2. The Morgan fingerprint density at radius 2 is 1.76 bits per heavy atom. The number of nitrogens with zero attached hydrogens (tertiary/aromatic N) is 1. The Morgan fingerprint density at radius 3 is 2.42 bits per heavy atom. The Balaban J connectivity index is 1.91. The van der Waals surface area contributed by atoms with Gasteiger partial charge in [0.05, 0.1) is 38.6 Å². The van der Waals surface area contributed by atoms with Crippen molar-refractivity contribution in [2.45, 2.75) is 5.25 Å². The molecule has 0 aromatic heterocycles. The van der Waals surface area contributed by atoms with Crippen molar-refractivity contribution in [3.8, 4) is 0 Å². The van der Waals surface area contributed by atoms with Gasteiger partial charge in [0.1, 0.15) is 10.3 Å². The van der Waals surface area contributed by atoms with E-state index < -0.39 is 17.1 Å². The fourth-order valence-electron chi connectivity index (χ4n) is 2.80. The molecule has 174 valence electrons. The molecule has 1 heterocycles. The number of aliphatic imine (C=N–C) groups is 1. The second-order valence-electron chi connectivity index (χ2n) is 6.71. The normalized spacial score (nSPS) is 16.9. The van der Waals surface area contributed by atoms with Crippen molar-refractivity contribution in [3.05, 3.63) is 67.8 Å². The Kier molecular flexibility index (Phi) is 8.92. The second kappa shape index (κ2) is 11.5. The quantitative estimate of drug-likeness (QED) is 0.332. The molecule has 12 heteroatoms. The molecular weight excluding hydrogens is 530 g/mol. The predicted octanol–water partition coefficient (Wildman–Crippen LogP) is 5.06. The monoisotopic (exact) mass is 546 g/mol. The molecule has 2 amide bonds. The van der Waals surface area contributed by atoms with E-state index in [-0.39, 0.29) is 38.6 Å². The third kappa shape index (κ3) is 6.35. The van der Waals surface area contributed by atoms with Crippen molar-refractivity contribution in [1.29, 1.82) is 0 Å². The lowest BCUT2D eigenvalue weighted by atomic mass is 10.1. The van der Waals surface area contributed by atoms with Crippen LogP contribution in [-0.4, -0.2) is 42.4 Å². The number of rotatable bonds is 7. The molecule has 7 nitrogen and oxygen atoms in total. The van der Waals surface area contributed by atoms with Gasteiger partial charge in [-0.25, -0.2) is 4.99 Å². The number of halogens is 4. The van der Waals surface area contributed by atoms with Crippen molar-refractivity contribution in [2.24, 2.45) is 10.7 Å². The molecule has 1 aliphatic heterocycles. The van der Waals surface area contributed by atoms with E-state index >= 15 is 0 Å². The average molecular weight is 548 g/mol. The van der Waals surface area contributed by atoms with Crippen molar-refractivity contribution in [3.63, 3.8) is 0 Å². The van der Waals surface area contributed by atoms with E-state index in [4.69, 9.17) is 56.9 Å². The Morgan fingerprint density at radius 1 is 1.09 bits per heavy atom. The SMILES string of the molecule is COCCNC(=O)C1=C(N)[C@H](C(=O)Nc2cc(Cl)c(Cl)cc2Cl)SC1=Nc1ccc(Cl)cc1. The molecule has 2 aromatic carbocycles. The van der Waals surface area contributed by atoms with Crippen molar-refractivity contribution in [2.75, 3.05) is 25.6 Å². The minimum absolute atomic E-state index is 0.0660. The fraction of sp³-hybridized carbons (Fsp3) is 0.190. The van der Waals surface area contributed by atoms with E-state index in [1.54, 1.807) is 24.3 Å². The zero-order valence-corrected chi connectivity index (χ0v) is 21.0. The Labute approximate surface area is 214 Å². The van der Waals surface area contributed by atoms with Crippen LogP contribution in [0, 0.1) is 0 Å². The molecule has 33 heavy (non-hydrogen) atoms. The number of nitrogens with two attached hydrogens (primary N) is 1. The van der Waals surface area contributed by atoms with Gasteiger partial charge in [0, 0.05) is 24.4 Å². The predicted molar refractivity (Wildman–Crippen MR) is 136 cm³/mol. The second-order valence-corrected chi connectivity index (χ2v) is 9.46. The maximum Gasteiger partial charge on any atom is 0.255 e. The van der Waals surface area contributed by atoms with Gasteiger partial charge in [-0.3, -0.25) is 9.59 Å². The number of benzene rings is 2. The molecule has 0 fully saturated rings. The number of nitrogens with one attached hydrogen (secondary N) is 2. The van der Waals surface area contributed by atoms with E-state index in [1.165, 1.54) is 19.2 Å². The van der Waals surface area contributed by atoms with Crippen molar-refractivity contribution < 1.29 is 14.3 Å². The average Bonchev–Trinajstić information content (AvgIpc) is 3.09. The molecule has 2 aromatic rings. The van der Waals surface area contributed by atoms with Crippen LogP contribution in [0.5, 0.6) is 0 Å². The third-order valence-electron chi connectivity index (χ3n) is 4.40. The molecular formula is C21H18Cl4N4O3S. The van der Waals surface area contributed by atoms with Gasteiger partial charge in [-0.2, -0.15) is 0 Å². The number of carbonyl (C=O) groups is 2. The number of thioether (sulfide) groups is 1. The molecule has 0 saturated carbocycles. The maximum absolute atomic E-state index is 13.0. The summed E-state index contributed by atoms with van der Waals surface area (Å²) in [5.41, 5.74) is 7.26. The van der Waals surface area contributed by atoms with Crippen LogP contribution in [0.3, 0.4) is 0 Å².